The van der Waals surface area contributed by atoms with Crippen LogP contribution in [0.5, 0.6) is 0 Å². The fraction of sp³-hybridized carbons (Fsp3) is 0.333. The molecule has 2 aromatic rings. The Bertz CT molecular complexity index is 875. The Balaban J connectivity index is 1.53. The van der Waals surface area contributed by atoms with Crippen molar-refractivity contribution in [3.8, 4) is 0 Å². The maximum absolute atomic E-state index is 13.0. The monoisotopic (exact) mass is 416 g/mol. The lowest BCUT2D eigenvalue weighted by atomic mass is 10.1. The van der Waals surface area contributed by atoms with Crippen molar-refractivity contribution in [1.82, 2.24) is 4.72 Å². The van der Waals surface area contributed by atoms with Gasteiger partial charge in [0.15, 0.2) is 0 Å². The van der Waals surface area contributed by atoms with E-state index in [9.17, 15) is 12.8 Å². The summed E-state index contributed by atoms with van der Waals surface area (Å²) in [6.45, 7) is 1.94. The summed E-state index contributed by atoms with van der Waals surface area (Å²) in [6.07, 6.45) is 0.882. The number of nitrogens with zero attached hydrogens (tertiary/aromatic N) is 1. The van der Waals surface area contributed by atoms with Crippen LogP contribution >= 0.6 is 23.2 Å². The fourth-order valence-corrected chi connectivity index (χ4v) is 4.56. The summed E-state index contributed by atoms with van der Waals surface area (Å²) in [5.74, 6) is -0.193. The highest BCUT2D eigenvalue weighted by Gasteiger charge is 2.24. The molecule has 0 bridgehead atoms. The molecule has 0 aromatic heterocycles. The molecule has 1 atom stereocenters. The van der Waals surface area contributed by atoms with E-state index in [1.54, 1.807) is 30.3 Å². The van der Waals surface area contributed by atoms with Crippen LogP contribution in [-0.4, -0.2) is 28.1 Å². The lowest BCUT2D eigenvalue weighted by Gasteiger charge is -2.19. The van der Waals surface area contributed by atoms with Crippen LogP contribution in [0.4, 0.5) is 10.1 Å². The van der Waals surface area contributed by atoms with Crippen LogP contribution in [-0.2, 0) is 15.8 Å². The third-order valence-corrected chi connectivity index (χ3v) is 6.47. The van der Waals surface area contributed by atoms with Gasteiger partial charge in [0.1, 0.15) is 5.82 Å². The number of hydrogen-bond donors (Lipinski definition) is 1. The number of hydrogen-bond acceptors (Lipinski definition) is 3. The Morgan fingerprint density at radius 1 is 1.12 bits per heavy atom. The molecule has 8 heteroatoms. The highest BCUT2D eigenvalue weighted by atomic mass is 35.5. The van der Waals surface area contributed by atoms with E-state index in [0.717, 1.165) is 25.2 Å². The lowest BCUT2D eigenvalue weighted by Crippen LogP contribution is -2.31. The van der Waals surface area contributed by atoms with Crippen molar-refractivity contribution < 1.29 is 12.8 Å². The third-order valence-electron chi connectivity index (χ3n) is 4.41. The van der Waals surface area contributed by atoms with Crippen molar-refractivity contribution in [2.75, 3.05) is 24.5 Å². The molecular weight excluding hydrogens is 398 g/mol. The summed E-state index contributed by atoms with van der Waals surface area (Å²) in [7, 11) is -3.46. The number of nitrogens with one attached hydrogen (secondary N) is 1. The smallest absolute Gasteiger partial charge is 0.215 e. The maximum atomic E-state index is 13.0. The van der Waals surface area contributed by atoms with Crippen molar-refractivity contribution >= 4 is 38.9 Å². The summed E-state index contributed by atoms with van der Waals surface area (Å²) < 4.78 is 40.3. The van der Waals surface area contributed by atoms with Crippen molar-refractivity contribution in [3.63, 3.8) is 0 Å². The maximum Gasteiger partial charge on any atom is 0.215 e. The van der Waals surface area contributed by atoms with E-state index in [2.05, 4.69) is 9.62 Å². The topological polar surface area (TPSA) is 49.4 Å². The number of anilines is 1. The second-order valence-corrected chi connectivity index (χ2v) is 9.05. The van der Waals surface area contributed by atoms with E-state index < -0.39 is 10.0 Å². The summed E-state index contributed by atoms with van der Waals surface area (Å²) in [5.41, 5.74) is 1.54. The van der Waals surface area contributed by atoms with Crippen molar-refractivity contribution in [2.24, 2.45) is 5.92 Å². The first-order valence-corrected chi connectivity index (χ1v) is 10.6. The molecule has 3 rings (SSSR count). The molecule has 1 unspecified atom stereocenters. The molecule has 2 aromatic carbocycles. The third kappa shape index (κ3) is 5.10. The zero-order chi connectivity index (χ0) is 18.7. The minimum atomic E-state index is -3.46. The summed E-state index contributed by atoms with van der Waals surface area (Å²) in [4.78, 5) is 2.14. The van der Waals surface area contributed by atoms with Gasteiger partial charge in [-0.15, -0.1) is 0 Å². The highest BCUT2D eigenvalue weighted by molar-refractivity contribution is 7.88. The zero-order valence-corrected chi connectivity index (χ0v) is 16.3. The Morgan fingerprint density at radius 2 is 1.85 bits per heavy atom. The molecule has 4 nitrogen and oxygen atoms in total. The molecule has 1 aliphatic rings. The van der Waals surface area contributed by atoms with Gasteiger partial charge in [-0.2, -0.15) is 0 Å². The van der Waals surface area contributed by atoms with Crippen LogP contribution in [0.25, 0.3) is 0 Å². The molecule has 0 amide bonds. The van der Waals surface area contributed by atoms with Gasteiger partial charge in [0.25, 0.3) is 0 Å². The molecule has 1 saturated heterocycles. The van der Waals surface area contributed by atoms with Gasteiger partial charge < -0.3 is 4.90 Å². The molecule has 140 valence electrons. The normalized spacial score (nSPS) is 17.7. The van der Waals surface area contributed by atoms with E-state index in [1.807, 2.05) is 0 Å². The second kappa shape index (κ2) is 8.13. The Labute approximate surface area is 163 Å². The number of benzene rings is 2. The standard InChI is InChI=1S/C18H19Cl2FN2O2S/c19-17-6-1-13(9-18(17)20)12-26(24,25)22-10-14-7-8-23(11-14)16-4-2-15(21)3-5-16/h1-6,9,14,22H,7-8,10-12H2. The predicted octanol–water partition coefficient (Wildman–Crippen LogP) is 4.08. The minimum Gasteiger partial charge on any atom is -0.371 e. The van der Waals surface area contributed by atoms with Gasteiger partial charge in [0.05, 0.1) is 15.8 Å². The average molecular weight is 417 g/mol. The summed E-state index contributed by atoms with van der Waals surface area (Å²) in [6, 6.07) is 11.2. The number of halogens is 3. The molecule has 26 heavy (non-hydrogen) atoms. The van der Waals surface area contributed by atoms with Crippen LogP contribution in [0.3, 0.4) is 0 Å². The first kappa shape index (κ1) is 19.4. The quantitative estimate of drug-likeness (QED) is 0.771. The Kier molecular flexibility index (Phi) is 6.07. The molecule has 0 radical (unpaired) electrons. The van der Waals surface area contributed by atoms with Gasteiger partial charge in [-0.25, -0.2) is 17.5 Å². The van der Waals surface area contributed by atoms with E-state index >= 15 is 0 Å². The van der Waals surface area contributed by atoms with Crippen LogP contribution in [0.15, 0.2) is 42.5 Å². The van der Waals surface area contributed by atoms with Gasteiger partial charge in [-0.05, 0) is 54.3 Å². The van der Waals surface area contributed by atoms with Crippen LogP contribution in [0, 0.1) is 11.7 Å². The zero-order valence-electron chi connectivity index (χ0n) is 14.0. The number of sulfonamides is 1. The number of rotatable bonds is 6. The molecule has 0 spiro atoms. The summed E-state index contributed by atoms with van der Waals surface area (Å²) >= 11 is 11.8. The van der Waals surface area contributed by atoms with Crippen molar-refractivity contribution in [3.05, 3.63) is 63.9 Å². The molecule has 0 saturated carbocycles. The fourth-order valence-electron chi connectivity index (χ4n) is 3.03. The Morgan fingerprint density at radius 3 is 2.54 bits per heavy atom. The molecule has 1 aliphatic heterocycles. The van der Waals surface area contributed by atoms with Crippen LogP contribution in [0.2, 0.25) is 10.0 Å². The van der Waals surface area contributed by atoms with Gasteiger partial charge in [-0.1, -0.05) is 29.3 Å². The van der Waals surface area contributed by atoms with Crippen LogP contribution < -0.4 is 9.62 Å². The first-order chi connectivity index (χ1) is 12.3. The van der Waals surface area contributed by atoms with Crippen molar-refractivity contribution in [1.29, 1.82) is 0 Å². The van der Waals surface area contributed by atoms with Crippen molar-refractivity contribution in [2.45, 2.75) is 12.2 Å². The molecular formula is C18H19Cl2FN2O2S. The minimum absolute atomic E-state index is 0.141. The van der Waals surface area contributed by atoms with Gasteiger partial charge in [-0.3, -0.25) is 0 Å². The molecule has 1 heterocycles. The van der Waals surface area contributed by atoms with Gasteiger partial charge >= 0.3 is 0 Å². The molecule has 0 aliphatic carbocycles. The Hall–Kier alpha value is -1.34. The first-order valence-electron chi connectivity index (χ1n) is 8.24. The summed E-state index contributed by atoms with van der Waals surface area (Å²) in [5, 5.41) is 0.734. The molecule has 1 N–H and O–H groups in total. The van der Waals surface area contributed by atoms with E-state index in [4.69, 9.17) is 23.2 Å². The largest absolute Gasteiger partial charge is 0.371 e. The van der Waals surface area contributed by atoms with Gasteiger partial charge in [0.2, 0.25) is 10.0 Å². The highest BCUT2D eigenvalue weighted by Crippen LogP contribution is 2.25. The van der Waals surface area contributed by atoms with Crippen LogP contribution in [0.1, 0.15) is 12.0 Å². The predicted molar refractivity (Wildman–Crippen MR) is 104 cm³/mol. The van der Waals surface area contributed by atoms with E-state index in [0.29, 0.717) is 22.2 Å². The second-order valence-electron chi connectivity index (χ2n) is 6.43. The molecule has 1 fully saturated rings. The SMILES string of the molecule is O=S(=O)(Cc1ccc(Cl)c(Cl)c1)NCC1CCN(c2ccc(F)cc2)C1. The van der Waals surface area contributed by atoms with E-state index in [-0.39, 0.29) is 17.5 Å². The van der Waals surface area contributed by atoms with Gasteiger partial charge in [0, 0.05) is 25.3 Å². The lowest BCUT2D eigenvalue weighted by molar-refractivity contribution is 0.541. The average Bonchev–Trinajstić information content (AvgIpc) is 3.06. The van der Waals surface area contributed by atoms with E-state index in [1.165, 1.54) is 12.1 Å².